The first-order chi connectivity index (χ1) is 13.3. The minimum atomic E-state index is -3.69. The Morgan fingerprint density at radius 2 is 2.04 bits per heavy atom. The van der Waals surface area contributed by atoms with E-state index in [9.17, 15) is 13.2 Å². The molecule has 3 rings (SSSR count). The minimum Gasteiger partial charge on any atom is -0.477 e. The van der Waals surface area contributed by atoms with Gasteiger partial charge in [-0.3, -0.25) is 4.79 Å². The van der Waals surface area contributed by atoms with Crippen LogP contribution in [0.2, 0.25) is 0 Å². The third-order valence-electron chi connectivity index (χ3n) is 4.72. The highest BCUT2D eigenvalue weighted by Crippen LogP contribution is 2.20. The first-order valence-corrected chi connectivity index (χ1v) is 10.7. The topological polar surface area (TPSA) is 97.6 Å². The largest absolute Gasteiger partial charge is 0.477 e. The number of ether oxygens (including phenoxy) is 1. The van der Waals surface area contributed by atoms with Gasteiger partial charge in [-0.15, -0.1) is 0 Å². The number of sulfonamides is 1. The van der Waals surface area contributed by atoms with Crippen LogP contribution in [-0.4, -0.2) is 70.9 Å². The second kappa shape index (κ2) is 8.27. The highest BCUT2D eigenvalue weighted by molar-refractivity contribution is 7.89. The molecule has 2 aromatic rings. The zero-order valence-electron chi connectivity index (χ0n) is 16.3. The van der Waals surface area contributed by atoms with Crippen LogP contribution < -0.4 is 4.74 Å². The number of carbonyl (C=O) groups excluding carboxylic acids is 1. The van der Waals surface area contributed by atoms with Crippen LogP contribution in [0.3, 0.4) is 0 Å². The summed E-state index contributed by atoms with van der Waals surface area (Å²) in [6.45, 7) is 5.31. The molecule has 0 aromatic carbocycles. The van der Waals surface area contributed by atoms with E-state index in [4.69, 9.17) is 4.74 Å². The smallest absolute Gasteiger partial charge is 0.262 e. The van der Waals surface area contributed by atoms with Gasteiger partial charge in [0.05, 0.1) is 6.61 Å². The van der Waals surface area contributed by atoms with Crippen LogP contribution in [0, 0.1) is 6.92 Å². The van der Waals surface area contributed by atoms with Gasteiger partial charge < -0.3 is 14.2 Å². The van der Waals surface area contributed by atoms with Crippen LogP contribution in [0.5, 0.6) is 5.88 Å². The standard InChI is InChI=1S/C18H25N5O4S/c1-4-27-17-15(7-5-8-19-17)18(24)22-9-6-10-23(12-11-22)28(25,26)16-13-21(3)14(2)20-16/h5,7-8,13H,4,6,9-12H2,1-3H3. The van der Waals surface area contributed by atoms with Crippen molar-refractivity contribution in [3.8, 4) is 5.88 Å². The Morgan fingerprint density at radius 3 is 2.71 bits per heavy atom. The first kappa shape index (κ1) is 20.3. The number of amides is 1. The van der Waals surface area contributed by atoms with Crippen molar-refractivity contribution in [1.29, 1.82) is 0 Å². The van der Waals surface area contributed by atoms with Crippen molar-refractivity contribution in [3.05, 3.63) is 35.9 Å². The van der Waals surface area contributed by atoms with E-state index in [1.165, 1.54) is 10.5 Å². The monoisotopic (exact) mass is 407 g/mol. The molecule has 152 valence electrons. The zero-order chi connectivity index (χ0) is 20.3. The van der Waals surface area contributed by atoms with Gasteiger partial charge in [-0.05, 0) is 32.4 Å². The highest BCUT2D eigenvalue weighted by Gasteiger charge is 2.31. The van der Waals surface area contributed by atoms with E-state index < -0.39 is 10.0 Å². The van der Waals surface area contributed by atoms with Gasteiger partial charge in [0, 0.05) is 45.6 Å². The van der Waals surface area contributed by atoms with E-state index in [2.05, 4.69) is 9.97 Å². The molecule has 0 bridgehead atoms. The summed E-state index contributed by atoms with van der Waals surface area (Å²) < 4.78 is 34.3. The predicted molar refractivity (Wildman–Crippen MR) is 103 cm³/mol. The Morgan fingerprint density at radius 1 is 1.25 bits per heavy atom. The van der Waals surface area contributed by atoms with Crippen LogP contribution in [0.15, 0.2) is 29.6 Å². The summed E-state index contributed by atoms with van der Waals surface area (Å²) in [6, 6.07) is 3.37. The zero-order valence-corrected chi connectivity index (χ0v) is 17.1. The molecule has 0 spiro atoms. The third kappa shape index (κ3) is 4.02. The summed E-state index contributed by atoms with van der Waals surface area (Å²) in [7, 11) is -1.93. The van der Waals surface area contributed by atoms with E-state index in [1.807, 2.05) is 6.92 Å². The fourth-order valence-electron chi connectivity index (χ4n) is 3.10. The lowest BCUT2D eigenvalue weighted by Crippen LogP contribution is -2.37. The first-order valence-electron chi connectivity index (χ1n) is 9.21. The molecule has 0 unspecified atom stereocenters. The molecular formula is C18H25N5O4S. The van der Waals surface area contributed by atoms with Crippen molar-refractivity contribution in [2.45, 2.75) is 25.3 Å². The number of pyridine rings is 1. The van der Waals surface area contributed by atoms with Gasteiger partial charge in [-0.1, -0.05) is 0 Å². The Kier molecular flexibility index (Phi) is 5.99. The average Bonchev–Trinajstić information content (AvgIpc) is 2.87. The van der Waals surface area contributed by atoms with Crippen LogP contribution in [-0.2, 0) is 17.1 Å². The lowest BCUT2D eigenvalue weighted by Gasteiger charge is -2.22. The number of hydrogen-bond donors (Lipinski definition) is 0. The van der Waals surface area contributed by atoms with Crippen molar-refractivity contribution in [2.75, 3.05) is 32.8 Å². The quantitative estimate of drug-likeness (QED) is 0.735. The molecule has 0 aliphatic carbocycles. The summed E-state index contributed by atoms with van der Waals surface area (Å²) >= 11 is 0. The van der Waals surface area contributed by atoms with Gasteiger partial charge >= 0.3 is 0 Å². The third-order valence-corrected chi connectivity index (χ3v) is 6.49. The minimum absolute atomic E-state index is 0.0400. The van der Waals surface area contributed by atoms with E-state index in [0.29, 0.717) is 49.9 Å². The molecule has 1 fully saturated rings. The summed E-state index contributed by atoms with van der Waals surface area (Å²) in [5, 5.41) is 0.0400. The Hall–Kier alpha value is -2.46. The normalized spacial score (nSPS) is 16.0. The van der Waals surface area contributed by atoms with Crippen LogP contribution in [0.25, 0.3) is 0 Å². The molecule has 1 saturated heterocycles. The molecule has 2 aromatic heterocycles. The summed E-state index contributed by atoms with van der Waals surface area (Å²) in [5.74, 6) is 0.724. The van der Waals surface area contributed by atoms with Crippen molar-refractivity contribution in [2.24, 2.45) is 7.05 Å². The molecule has 0 saturated carbocycles. The average molecular weight is 407 g/mol. The van der Waals surface area contributed by atoms with Crippen molar-refractivity contribution < 1.29 is 17.9 Å². The maximum atomic E-state index is 12.9. The molecule has 1 amide bonds. The molecular weight excluding hydrogens is 382 g/mol. The van der Waals surface area contributed by atoms with E-state index >= 15 is 0 Å². The van der Waals surface area contributed by atoms with Gasteiger partial charge in [0.25, 0.3) is 15.9 Å². The second-order valence-electron chi connectivity index (χ2n) is 6.58. The molecule has 3 heterocycles. The fraction of sp³-hybridized carbons (Fsp3) is 0.500. The Labute approximate surface area is 165 Å². The summed E-state index contributed by atoms with van der Waals surface area (Å²) in [5.41, 5.74) is 0.390. The van der Waals surface area contributed by atoms with E-state index in [0.717, 1.165) is 0 Å². The molecule has 1 aliphatic heterocycles. The summed E-state index contributed by atoms with van der Waals surface area (Å²) in [6.07, 6.45) is 3.64. The maximum Gasteiger partial charge on any atom is 0.262 e. The molecule has 9 nitrogen and oxygen atoms in total. The number of aryl methyl sites for hydroxylation is 2. The van der Waals surface area contributed by atoms with Gasteiger partial charge in [0.15, 0.2) is 5.03 Å². The lowest BCUT2D eigenvalue weighted by atomic mass is 10.2. The van der Waals surface area contributed by atoms with Gasteiger partial charge in [0.1, 0.15) is 11.4 Å². The molecule has 0 N–H and O–H groups in total. The number of rotatable bonds is 5. The molecule has 0 atom stereocenters. The van der Waals surface area contributed by atoms with Crippen LogP contribution >= 0.6 is 0 Å². The van der Waals surface area contributed by atoms with Gasteiger partial charge in [-0.2, -0.15) is 4.31 Å². The van der Waals surface area contributed by atoms with E-state index in [-0.39, 0.29) is 17.5 Å². The number of aromatic nitrogens is 3. The Bertz CT molecular complexity index is 937. The van der Waals surface area contributed by atoms with Crippen molar-refractivity contribution in [3.63, 3.8) is 0 Å². The fourth-order valence-corrected chi connectivity index (χ4v) is 4.59. The Balaban J connectivity index is 1.75. The van der Waals surface area contributed by atoms with Crippen LogP contribution in [0.4, 0.5) is 0 Å². The molecule has 1 aliphatic rings. The molecule has 10 heteroatoms. The van der Waals surface area contributed by atoms with E-state index in [1.54, 1.807) is 41.8 Å². The number of imidazole rings is 1. The maximum absolute atomic E-state index is 12.9. The van der Waals surface area contributed by atoms with Crippen LogP contribution in [0.1, 0.15) is 29.5 Å². The van der Waals surface area contributed by atoms with Gasteiger partial charge in [0.2, 0.25) is 5.88 Å². The highest BCUT2D eigenvalue weighted by atomic mass is 32.2. The van der Waals surface area contributed by atoms with Crippen molar-refractivity contribution in [1.82, 2.24) is 23.7 Å². The lowest BCUT2D eigenvalue weighted by molar-refractivity contribution is 0.0759. The second-order valence-corrected chi connectivity index (χ2v) is 8.46. The van der Waals surface area contributed by atoms with Crippen molar-refractivity contribution >= 4 is 15.9 Å². The molecule has 28 heavy (non-hydrogen) atoms. The number of carbonyl (C=O) groups is 1. The number of hydrogen-bond acceptors (Lipinski definition) is 6. The summed E-state index contributed by atoms with van der Waals surface area (Å²) in [4.78, 5) is 22.9. The van der Waals surface area contributed by atoms with Gasteiger partial charge in [-0.25, -0.2) is 18.4 Å². The predicted octanol–water partition coefficient (Wildman–Crippen LogP) is 1.06. The number of nitrogens with zero attached hydrogens (tertiary/aromatic N) is 5. The molecule has 0 radical (unpaired) electrons. The SMILES string of the molecule is CCOc1ncccc1C(=O)N1CCCN(S(=O)(=O)c2cn(C)c(C)n2)CC1.